The van der Waals surface area contributed by atoms with Crippen LogP contribution in [0.3, 0.4) is 0 Å². The fourth-order valence-electron chi connectivity index (χ4n) is 6.45. The number of aliphatic hydroxyl groups excluding tert-OH is 2. The van der Waals surface area contributed by atoms with Crippen molar-refractivity contribution in [3.05, 3.63) is 64.7 Å². The number of nitrogens with zero attached hydrogens (tertiary/aromatic N) is 3. The van der Waals surface area contributed by atoms with Crippen molar-refractivity contribution in [3.63, 3.8) is 0 Å². The molecule has 7 nitrogen and oxygen atoms in total. The molecule has 0 spiro atoms. The summed E-state index contributed by atoms with van der Waals surface area (Å²) in [4.78, 5) is 31.7. The highest BCUT2D eigenvalue weighted by atomic mass is 35.5. The predicted molar refractivity (Wildman–Crippen MR) is 153 cm³/mol. The smallest absolute Gasteiger partial charge is 0.256 e. The van der Waals surface area contributed by atoms with E-state index in [0.29, 0.717) is 54.2 Å². The molecule has 3 aliphatic rings. The molecule has 210 valence electrons. The summed E-state index contributed by atoms with van der Waals surface area (Å²) in [7, 11) is 0. The fraction of sp³-hybridized carbons (Fsp3) is 0.548. The van der Waals surface area contributed by atoms with E-state index in [2.05, 4.69) is 4.90 Å². The molecule has 2 aromatic carbocycles. The minimum absolute atomic E-state index is 0.0523. The van der Waals surface area contributed by atoms with Gasteiger partial charge in [-0.1, -0.05) is 41.9 Å². The van der Waals surface area contributed by atoms with Gasteiger partial charge >= 0.3 is 0 Å². The molecule has 0 bridgehead atoms. The second-order valence-electron chi connectivity index (χ2n) is 11.5. The van der Waals surface area contributed by atoms with Gasteiger partial charge in [0.05, 0.1) is 10.6 Å². The molecule has 3 fully saturated rings. The number of hydrogen-bond acceptors (Lipinski definition) is 5. The van der Waals surface area contributed by atoms with E-state index in [1.807, 2.05) is 41.3 Å². The van der Waals surface area contributed by atoms with Crippen LogP contribution >= 0.6 is 11.6 Å². The molecule has 3 aliphatic heterocycles. The van der Waals surface area contributed by atoms with Crippen molar-refractivity contribution >= 4 is 29.1 Å². The predicted octanol–water partition coefficient (Wildman–Crippen LogP) is 4.37. The topological polar surface area (TPSA) is 84.3 Å². The van der Waals surface area contributed by atoms with Crippen LogP contribution in [0.2, 0.25) is 5.02 Å². The van der Waals surface area contributed by atoms with Crippen LogP contribution in [-0.2, 0) is 4.79 Å². The number of halogens is 1. The number of hydrogen-bond donors (Lipinski definition) is 2. The number of aliphatic hydroxyl groups is 2. The molecule has 0 unspecified atom stereocenters. The highest BCUT2D eigenvalue weighted by Crippen LogP contribution is 2.34. The van der Waals surface area contributed by atoms with Gasteiger partial charge in [-0.2, -0.15) is 0 Å². The van der Waals surface area contributed by atoms with Crippen molar-refractivity contribution in [2.24, 2.45) is 17.8 Å². The molecule has 3 saturated heterocycles. The number of piperidine rings is 2. The van der Waals surface area contributed by atoms with Crippen molar-refractivity contribution in [3.8, 4) is 0 Å². The first-order chi connectivity index (χ1) is 18.9. The number of anilines is 1. The molecular weight excluding hydrogens is 514 g/mol. The Morgan fingerprint density at radius 2 is 1.46 bits per heavy atom. The van der Waals surface area contributed by atoms with E-state index in [9.17, 15) is 19.8 Å². The largest absolute Gasteiger partial charge is 0.396 e. The van der Waals surface area contributed by atoms with Crippen molar-refractivity contribution in [1.29, 1.82) is 0 Å². The molecular formula is C31H40ClN3O4. The molecule has 2 atom stereocenters. The van der Waals surface area contributed by atoms with Crippen molar-refractivity contribution < 1.29 is 19.8 Å². The summed E-state index contributed by atoms with van der Waals surface area (Å²) in [6.07, 6.45) is 5.19. The molecule has 0 saturated carbocycles. The first-order valence-electron chi connectivity index (χ1n) is 14.4. The summed E-state index contributed by atoms with van der Waals surface area (Å²) in [5, 5.41) is 20.3. The summed E-state index contributed by atoms with van der Waals surface area (Å²) in [6, 6.07) is 14.9. The number of rotatable bonds is 7. The van der Waals surface area contributed by atoms with Crippen molar-refractivity contribution in [2.75, 3.05) is 50.8 Å². The Kier molecular flexibility index (Phi) is 9.10. The van der Waals surface area contributed by atoms with Gasteiger partial charge in [-0.15, -0.1) is 0 Å². The lowest BCUT2D eigenvalue weighted by atomic mass is 9.82. The Bertz CT molecular complexity index is 1130. The van der Waals surface area contributed by atoms with E-state index in [1.54, 1.807) is 17.0 Å². The van der Waals surface area contributed by atoms with E-state index in [0.717, 1.165) is 50.9 Å². The average Bonchev–Trinajstić information content (AvgIpc) is 3.47. The molecule has 5 rings (SSSR count). The molecule has 0 aromatic heterocycles. The van der Waals surface area contributed by atoms with Gasteiger partial charge in [0.25, 0.3) is 11.8 Å². The molecule has 8 heteroatoms. The summed E-state index contributed by atoms with van der Waals surface area (Å²) in [5.41, 5.74) is 2.25. The number of likely N-dealkylation sites (tertiary alicyclic amines) is 2. The molecule has 39 heavy (non-hydrogen) atoms. The number of carbonyl (C=O) groups excluding carboxylic acids is 2. The van der Waals surface area contributed by atoms with Gasteiger partial charge in [0, 0.05) is 57.5 Å². The Hall–Kier alpha value is -2.61. The Labute approximate surface area is 236 Å². The van der Waals surface area contributed by atoms with Gasteiger partial charge in [0.2, 0.25) is 0 Å². The third-order valence-corrected chi connectivity index (χ3v) is 9.25. The third kappa shape index (κ3) is 6.59. The molecule has 0 radical (unpaired) electrons. The summed E-state index contributed by atoms with van der Waals surface area (Å²) in [6.45, 7) is 4.75. The molecule has 2 aromatic rings. The minimum Gasteiger partial charge on any atom is -0.396 e. The average molecular weight is 554 g/mol. The SMILES string of the molecule is O=C(c1ccc(N2CCC(CC3CCN(C(=O)[C@H](O)c4ccccc4)CC3)CC2)cc1Cl)N1CC[C@@H](CO)C1. The maximum atomic E-state index is 12.9. The lowest BCUT2D eigenvalue weighted by Crippen LogP contribution is -2.42. The monoisotopic (exact) mass is 553 g/mol. The Morgan fingerprint density at radius 3 is 2.08 bits per heavy atom. The first-order valence-corrected chi connectivity index (χ1v) is 14.8. The van der Waals surface area contributed by atoms with Crippen molar-refractivity contribution in [2.45, 2.75) is 44.6 Å². The Morgan fingerprint density at radius 1 is 0.846 bits per heavy atom. The first kappa shape index (κ1) is 27.9. The second-order valence-corrected chi connectivity index (χ2v) is 11.9. The van der Waals surface area contributed by atoms with E-state index >= 15 is 0 Å². The zero-order valence-electron chi connectivity index (χ0n) is 22.6. The van der Waals surface area contributed by atoms with E-state index in [1.165, 1.54) is 6.42 Å². The van der Waals surface area contributed by atoms with Gasteiger partial charge in [0.1, 0.15) is 0 Å². The van der Waals surface area contributed by atoms with Crippen LogP contribution in [-0.4, -0.2) is 77.7 Å². The zero-order valence-corrected chi connectivity index (χ0v) is 23.3. The Balaban J connectivity index is 1.07. The second kappa shape index (κ2) is 12.7. The van der Waals surface area contributed by atoms with Crippen LogP contribution in [0.25, 0.3) is 0 Å². The minimum atomic E-state index is -1.08. The van der Waals surface area contributed by atoms with Gasteiger partial charge in [0.15, 0.2) is 6.10 Å². The highest BCUT2D eigenvalue weighted by molar-refractivity contribution is 6.34. The zero-order chi connectivity index (χ0) is 27.4. The van der Waals surface area contributed by atoms with Crippen LogP contribution in [0.4, 0.5) is 5.69 Å². The summed E-state index contributed by atoms with van der Waals surface area (Å²) in [5.74, 6) is 1.22. The van der Waals surface area contributed by atoms with Gasteiger partial charge in [-0.25, -0.2) is 0 Å². The van der Waals surface area contributed by atoms with Crippen LogP contribution in [0.15, 0.2) is 48.5 Å². The molecule has 0 aliphatic carbocycles. The number of benzene rings is 2. The molecule has 2 N–H and O–H groups in total. The lowest BCUT2D eigenvalue weighted by molar-refractivity contribution is -0.142. The van der Waals surface area contributed by atoms with Gasteiger partial charge < -0.3 is 24.9 Å². The maximum Gasteiger partial charge on any atom is 0.256 e. The molecule has 2 amide bonds. The number of carbonyl (C=O) groups is 2. The van der Waals surface area contributed by atoms with Crippen LogP contribution in [0.5, 0.6) is 0 Å². The fourth-order valence-corrected chi connectivity index (χ4v) is 6.70. The van der Waals surface area contributed by atoms with Crippen LogP contribution in [0, 0.1) is 17.8 Å². The van der Waals surface area contributed by atoms with Gasteiger partial charge in [-0.3, -0.25) is 9.59 Å². The van der Waals surface area contributed by atoms with Crippen LogP contribution < -0.4 is 4.90 Å². The van der Waals surface area contributed by atoms with E-state index < -0.39 is 6.10 Å². The highest BCUT2D eigenvalue weighted by Gasteiger charge is 2.31. The molecule has 3 heterocycles. The third-order valence-electron chi connectivity index (χ3n) is 8.94. The van der Waals surface area contributed by atoms with E-state index in [-0.39, 0.29) is 24.3 Å². The van der Waals surface area contributed by atoms with Gasteiger partial charge in [-0.05, 0) is 74.1 Å². The van der Waals surface area contributed by atoms with E-state index in [4.69, 9.17) is 11.6 Å². The van der Waals surface area contributed by atoms with Crippen LogP contribution in [0.1, 0.15) is 60.6 Å². The van der Waals surface area contributed by atoms with Crippen molar-refractivity contribution in [1.82, 2.24) is 9.80 Å². The normalized spacial score (nSPS) is 21.8. The summed E-state index contributed by atoms with van der Waals surface area (Å²) < 4.78 is 0. The standard InChI is InChI=1S/C31H40ClN3O4/c32-28-19-26(6-7-27(28)30(38)35-17-12-24(20-35)21-36)33-13-8-22(9-14-33)18-23-10-15-34(16-11-23)31(39)29(37)25-4-2-1-3-5-25/h1-7,19,22-24,29,36-37H,8-18,20-21H2/t24-,29-/m1/s1. The lowest BCUT2D eigenvalue weighted by Gasteiger charge is -2.38. The maximum absolute atomic E-state index is 12.9. The number of amides is 2. The quantitative estimate of drug-likeness (QED) is 0.532. The summed E-state index contributed by atoms with van der Waals surface area (Å²) >= 11 is 6.57.